The first-order valence-electron chi connectivity index (χ1n) is 4.61. The van der Waals surface area contributed by atoms with Crippen LogP contribution in [0, 0.1) is 5.92 Å². The molecule has 0 aliphatic heterocycles. The molecule has 0 bridgehead atoms. The second-order valence-corrected chi connectivity index (χ2v) is 2.97. The smallest absolute Gasteiger partial charge is 0.0146 e. The van der Waals surface area contributed by atoms with Crippen LogP contribution in [0.4, 0.5) is 0 Å². The molecule has 0 N–H and O–H groups in total. The fourth-order valence-corrected chi connectivity index (χ4v) is 1.18. The maximum Gasteiger partial charge on any atom is 0.0146 e. The molecule has 0 aromatic rings. The van der Waals surface area contributed by atoms with Crippen molar-refractivity contribution in [2.45, 2.75) is 34.1 Å². The molecule has 1 nitrogen and oxygen atoms in total. The van der Waals surface area contributed by atoms with Crippen molar-refractivity contribution in [2.75, 3.05) is 13.1 Å². The van der Waals surface area contributed by atoms with Gasteiger partial charge in [0, 0.05) is 18.8 Å². The van der Waals surface area contributed by atoms with E-state index in [4.69, 9.17) is 0 Å². The minimum Gasteiger partial charge on any atom is -0.376 e. The van der Waals surface area contributed by atoms with Gasteiger partial charge in [0.1, 0.15) is 0 Å². The Balaban J connectivity index is 3.97. The van der Waals surface area contributed by atoms with Gasteiger partial charge in [-0.15, -0.1) is 0 Å². The molecule has 0 fully saturated rings. The van der Waals surface area contributed by atoms with E-state index in [1.54, 1.807) is 0 Å². The quantitative estimate of drug-likeness (QED) is 0.590. The van der Waals surface area contributed by atoms with Gasteiger partial charge in [0.2, 0.25) is 0 Å². The fourth-order valence-electron chi connectivity index (χ4n) is 1.18. The second kappa shape index (κ2) is 5.22. The number of rotatable bonds is 5. The van der Waals surface area contributed by atoms with Crippen LogP contribution in [0.2, 0.25) is 0 Å². The van der Waals surface area contributed by atoms with E-state index in [0.717, 1.165) is 13.1 Å². The maximum atomic E-state index is 4.09. The van der Waals surface area contributed by atoms with Gasteiger partial charge in [-0.25, -0.2) is 0 Å². The highest BCUT2D eigenvalue weighted by Crippen LogP contribution is 2.15. The largest absolute Gasteiger partial charge is 0.376 e. The Morgan fingerprint density at radius 3 is 2.00 bits per heavy atom. The van der Waals surface area contributed by atoms with Gasteiger partial charge in [0.15, 0.2) is 0 Å². The van der Waals surface area contributed by atoms with Crippen LogP contribution in [0.5, 0.6) is 0 Å². The van der Waals surface area contributed by atoms with Crippen molar-refractivity contribution in [3.8, 4) is 0 Å². The van der Waals surface area contributed by atoms with Crippen molar-refractivity contribution in [1.29, 1.82) is 0 Å². The monoisotopic (exact) mass is 155 g/mol. The number of hydrogen-bond acceptors (Lipinski definition) is 1. The summed E-state index contributed by atoms with van der Waals surface area (Å²) in [6, 6.07) is 0. The second-order valence-electron chi connectivity index (χ2n) is 2.97. The summed E-state index contributed by atoms with van der Waals surface area (Å²) < 4.78 is 0. The van der Waals surface area contributed by atoms with Gasteiger partial charge >= 0.3 is 0 Å². The molecular formula is C10H21N. The van der Waals surface area contributed by atoms with Crippen LogP contribution in [0.3, 0.4) is 0 Å². The van der Waals surface area contributed by atoms with Crippen molar-refractivity contribution >= 4 is 0 Å². The third-order valence-corrected chi connectivity index (χ3v) is 2.35. The molecule has 0 amide bonds. The molecule has 0 saturated heterocycles. The third kappa shape index (κ3) is 2.96. The number of nitrogens with zero attached hydrogens (tertiary/aromatic N) is 1. The van der Waals surface area contributed by atoms with Gasteiger partial charge in [-0.05, 0) is 26.2 Å². The predicted molar refractivity (Wildman–Crippen MR) is 51.5 cm³/mol. The lowest BCUT2D eigenvalue weighted by Gasteiger charge is -2.27. The Kier molecular flexibility index (Phi) is 5.01. The van der Waals surface area contributed by atoms with Gasteiger partial charge in [-0.3, -0.25) is 0 Å². The Bertz CT molecular complexity index is 114. The first-order valence-corrected chi connectivity index (χ1v) is 4.61. The Labute approximate surface area is 71.1 Å². The van der Waals surface area contributed by atoms with Crippen LogP contribution in [-0.4, -0.2) is 18.0 Å². The van der Waals surface area contributed by atoms with Crippen LogP contribution in [0.15, 0.2) is 12.3 Å². The van der Waals surface area contributed by atoms with Crippen LogP contribution in [-0.2, 0) is 0 Å². The number of hydrogen-bond donors (Lipinski definition) is 0. The van der Waals surface area contributed by atoms with Crippen LogP contribution in [0.1, 0.15) is 34.1 Å². The van der Waals surface area contributed by atoms with E-state index in [0.29, 0.717) is 5.92 Å². The average molecular weight is 155 g/mol. The van der Waals surface area contributed by atoms with Gasteiger partial charge in [0.05, 0.1) is 0 Å². The van der Waals surface area contributed by atoms with E-state index in [1.165, 1.54) is 12.1 Å². The summed E-state index contributed by atoms with van der Waals surface area (Å²) in [5.74, 6) is 0.634. The minimum atomic E-state index is 0.634. The van der Waals surface area contributed by atoms with Crippen molar-refractivity contribution in [1.82, 2.24) is 4.90 Å². The lowest BCUT2D eigenvalue weighted by atomic mass is 10.1. The van der Waals surface area contributed by atoms with Crippen LogP contribution < -0.4 is 0 Å². The molecule has 0 aliphatic carbocycles. The van der Waals surface area contributed by atoms with E-state index in [1.807, 2.05) is 0 Å². The lowest BCUT2D eigenvalue weighted by molar-refractivity contribution is 0.335. The van der Waals surface area contributed by atoms with Crippen molar-refractivity contribution < 1.29 is 0 Å². The van der Waals surface area contributed by atoms with E-state index in [-0.39, 0.29) is 0 Å². The summed E-state index contributed by atoms with van der Waals surface area (Å²) in [6.45, 7) is 15.1. The normalized spacial score (nSPS) is 12.7. The van der Waals surface area contributed by atoms with Crippen molar-refractivity contribution in [3.63, 3.8) is 0 Å². The molecule has 0 saturated carbocycles. The Morgan fingerprint density at radius 2 is 1.73 bits per heavy atom. The molecule has 11 heavy (non-hydrogen) atoms. The highest BCUT2D eigenvalue weighted by atomic mass is 15.1. The van der Waals surface area contributed by atoms with E-state index in [2.05, 4.69) is 39.2 Å². The Hall–Kier alpha value is -0.460. The molecule has 1 heteroatoms. The van der Waals surface area contributed by atoms with E-state index < -0.39 is 0 Å². The van der Waals surface area contributed by atoms with E-state index >= 15 is 0 Å². The third-order valence-electron chi connectivity index (χ3n) is 2.35. The van der Waals surface area contributed by atoms with Crippen LogP contribution in [0.25, 0.3) is 0 Å². The number of allylic oxidation sites excluding steroid dienone is 1. The molecule has 1 unspecified atom stereocenters. The highest BCUT2D eigenvalue weighted by molar-refractivity contribution is 4.97. The maximum absolute atomic E-state index is 4.09. The van der Waals surface area contributed by atoms with Gasteiger partial charge in [0.25, 0.3) is 0 Å². The zero-order chi connectivity index (χ0) is 8.85. The topological polar surface area (TPSA) is 3.24 Å². The molecule has 0 aromatic carbocycles. The highest BCUT2D eigenvalue weighted by Gasteiger charge is 2.08. The minimum absolute atomic E-state index is 0.634. The lowest BCUT2D eigenvalue weighted by Crippen LogP contribution is -2.25. The molecule has 0 aliphatic rings. The fraction of sp³-hybridized carbons (Fsp3) is 0.800. The van der Waals surface area contributed by atoms with E-state index in [9.17, 15) is 0 Å². The van der Waals surface area contributed by atoms with Crippen LogP contribution >= 0.6 is 0 Å². The summed E-state index contributed by atoms with van der Waals surface area (Å²) in [5.41, 5.74) is 1.29. The summed E-state index contributed by atoms with van der Waals surface area (Å²) in [5, 5.41) is 0. The van der Waals surface area contributed by atoms with Gasteiger partial charge < -0.3 is 4.90 Å². The molecule has 0 aromatic heterocycles. The zero-order valence-corrected chi connectivity index (χ0v) is 8.35. The summed E-state index contributed by atoms with van der Waals surface area (Å²) >= 11 is 0. The Morgan fingerprint density at radius 1 is 1.27 bits per heavy atom. The van der Waals surface area contributed by atoms with Gasteiger partial charge in [-0.1, -0.05) is 20.4 Å². The molecule has 0 spiro atoms. The predicted octanol–water partition coefficient (Wildman–Crippen LogP) is 2.89. The van der Waals surface area contributed by atoms with Crippen molar-refractivity contribution in [3.05, 3.63) is 12.3 Å². The standard InChI is InChI=1S/C10H21N/c1-6-9(4)10(5)11(7-2)8-3/h9H,5-8H2,1-4H3. The zero-order valence-electron chi connectivity index (χ0n) is 8.35. The molecule has 0 radical (unpaired) electrons. The first-order chi connectivity index (χ1) is 5.17. The van der Waals surface area contributed by atoms with Crippen molar-refractivity contribution in [2.24, 2.45) is 5.92 Å². The summed E-state index contributed by atoms with van der Waals surface area (Å²) in [4.78, 5) is 2.33. The van der Waals surface area contributed by atoms with Gasteiger partial charge in [-0.2, -0.15) is 0 Å². The summed E-state index contributed by atoms with van der Waals surface area (Å²) in [6.07, 6.45) is 1.19. The molecular weight excluding hydrogens is 134 g/mol. The molecule has 0 rings (SSSR count). The summed E-state index contributed by atoms with van der Waals surface area (Å²) in [7, 11) is 0. The molecule has 0 heterocycles. The first kappa shape index (κ1) is 10.5. The molecule has 1 atom stereocenters. The average Bonchev–Trinajstić information content (AvgIpc) is 2.05. The molecule has 66 valence electrons. The SMILES string of the molecule is C=C(C(C)CC)N(CC)CC.